The van der Waals surface area contributed by atoms with Crippen LogP contribution < -0.4 is 5.32 Å². The quantitative estimate of drug-likeness (QED) is 0.833. The minimum atomic E-state index is -0.269. The zero-order chi connectivity index (χ0) is 17.4. The Labute approximate surface area is 144 Å². The van der Waals surface area contributed by atoms with Gasteiger partial charge in [-0.1, -0.05) is 25.0 Å². The molecule has 2 N–H and O–H groups in total. The zero-order valence-corrected chi connectivity index (χ0v) is 13.8. The number of carbonyl (C=O) groups is 3. The fraction of sp³-hybridized carbons (Fsp3) is 0.444. The molecule has 4 rings (SSSR count). The molecule has 0 unspecified atom stereocenters. The molecular weight excluding hydrogens is 320 g/mol. The standard InChI is InChI=1S/C18H20N4O3/c23-15(21-18-19-13-7-3-4-8-14(13)20-18)9-10-22-16(24)11-5-1-2-6-12(11)17(22)25/h3-4,7-8,11-12H,1-2,5-6,9-10H2,(H2,19,20,21,23)/t11-,12-/m0/s1. The van der Waals surface area contributed by atoms with Gasteiger partial charge in [0, 0.05) is 13.0 Å². The van der Waals surface area contributed by atoms with Crippen molar-refractivity contribution >= 4 is 34.7 Å². The van der Waals surface area contributed by atoms with Gasteiger partial charge in [0.1, 0.15) is 0 Å². The summed E-state index contributed by atoms with van der Waals surface area (Å²) >= 11 is 0. The van der Waals surface area contributed by atoms with Crippen molar-refractivity contribution in [3.8, 4) is 0 Å². The second-order valence-electron chi connectivity index (χ2n) is 6.73. The van der Waals surface area contributed by atoms with Crippen molar-refractivity contribution in [1.82, 2.24) is 14.9 Å². The maximum atomic E-state index is 12.4. The highest BCUT2D eigenvalue weighted by Gasteiger charge is 2.47. The summed E-state index contributed by atoms with van der Waals surface area (Å²) < 4.78 is 0. The number of H-pyrrole nitrogens is 1. The highest BCUT2D eigenvalue weighted by molar-refractivity contribution is 6.05. The van der Waals surface area contributed by atoms with E-state index in [1.165, 1.54) is 4.90 Å². The molecule has 7 heteroatoms. The Morgan fingerprint density at radius 2 is 1.84 bits per heavy atom. The molecule has 130 valence electrons. The highest BCUT2D eigenvalue weighted by atomic mass is 16.2. The molecule has 0 radical (unpaired) electrons. The van der Waals surface area contributed by atoms with E-state index in [4.69, 9.17) is 0 Å². The summed E-state index contributed by atoms with van der Waals surface area (Å²) in [4.78, 5) is 45.5. The number of aromatic nitrogens is 2. The van der Waals surface area contributed by atoms with E-state index < -0.39 is 0 Å². The van der Waals surface area contributed by atoms with Gasteiger partial charge >= 0.3 is 0 Å². The van der Waals surface area contributed by atoms with Gasteiger partial charge in [0.25, 0.3) is 0 Å². The van der Waals surface area contributed by atoms with Crippen LogP contribution in [0.25, 0.3) is 11.0 Å². The van der Waals surface area contributed by atoms with Crippen molar-refractivity contribution in [2.75, 3.05) is 11.9 Å². The second kappa shape index (κ2) is 6.31. The van der Waals surface area contributed by atoms with E-state index in [2.05, 4.69) is 15.3 Å². The van der Waals surface area contributed by atoms with Crippen molar-refractivity contribution < 1.29 is 14.4 Å². The number of aromatic amines is 1. The molecule has 2 heterocycles. The fourth-order valence-corrected chi connectivity index (χ4v) is 3.87. The predicted molar refractivity (Wildman–Crippen MR) is 91.5 cm³/mol. The predicted octanol–water partition coefficient (Wildman–Crippen LogP) is 2.07. The van der Waals surface area contributed by atoms with Gasteiger partial charge in [-0.2, -0.15) is 0 Å². The maximum Gasteiger partial charge on any atom is 0.233 e. The first-order valence-electron chi connectivity index (χ1n) is 8.73. The number of rotatable bonds is 4. The number of anilines is 1. The van der Waals surface area contributed by atoms with Crippen molar-refractivity contribution in [2.45, 2.75) is 32.1 Å². The average Bonchev–Trinajstić information content (AvgIpc) is 3.13. The summed E-state index contributed by atoms with van der Waals surface area (Å²) in [5.74, 6) is -0.440. The van der Waals surface area contributed by atoms with Gasteiger partial charge in [-0.15, -0.1) is 0 Å². The Morgan fingerprint density at radius 1 is 1.16 bits per heavy atom. The highest BCUT2D eigenvalue weighted by Crippen LogP contribution is 2.37. The topological polar surface area (TPSA) is 95.2 Å². The number of nitrogens with zero attached hydrogens (tertiary/aromatic N) is 2. The lowest BCUT2D eigenvalue weighted by Gasteiger charge is -2.19. The van der Waals surface area contributed by atoms with Crippen LogP contribution in [-0.4, -0.2) is 39.1 Å². The van der Waals surface area contributed by atoms with Crippen LogP contribution >= 0.6 is 0 Å². The molecule has 2 atom stereocenters. The molecule has 1 saturated heterocycles. The van der Waals surface area contributed by atoms with E-state index in [0.717, 1.165) is 36.7 Å². The number of nitrogens with one attached hydrogen (secondary N) is 2. The third-order valence-corrected chi connectivity index (χ3v) is 5.14. The second-order valence-corrected chi connectivity index (χ2v) is 6.73. The molecule has 0 spiro atoms. The lowest BCUT2D eigenvalue weighted by molar-refractivity contribution is -0.140. The van der Waals surface area contributed by atoms with Crippen LogP contribution in [0.1, 0.15) is 32.1 Å². The number of imidazole rings is 1. The van der Waals surface area contributed by atoms with Crippen LogP contribution in [0.5, 0.6) is 0 Å². The first-order valence-corrected chi connectivity index (χ1v) is 8.73. The minimum Gasteiger partial charge on any atom is -0.324 e. The number of benzene rings is 1. The number of hydrogen-bond donors (Lipinski definition) is 2. The zero-order valence-electron chi connectivity index (χ0n) is 13.8. The lowest BCUT2D eigenvalue weighted by atomic mass is 9.81. The summed E-state index contributed by atoms with van der Waals surface area (Å²) in [7, 11) is 0. The van der Waals surface area contributed by atoms with Crippen LogP contribution in [0, 0.1) is 11.8 Å². The number of hydrogen-bond acceptors (Lipinski definition) is 4. The molecule has 1 saturated carbocycles. The van der Waals surface area contributed by atoms with E-state index >= 15 is 0 Å². The van der Waals surface area contributed by atoms with E-state index in [1.54, 1.807) is 0 Å². The molecule has 2 aromatic rings. The van der Waals surface area contributed by atoms with Gasteiger partial charge in [0.05, 0.1) is 22.9 Å². The van der Waals surface area contributed by atoms with Crippen molar-refractivity contribution in [1.29, 1.82) is 0 Å². The fourth-order valence-electron chi connectivity index (χ4n) is 3.87. The summed E-state index contributed by atoms with van der Waals surface area (Å²) in [6.45, 7) is 0.136. The van der Waals surface area contributed by atoms with Crippen molar-refractivity contribution in [3.63, 3.8) is 0 Å². The number of likely N-dealkylation sites (tertiary alicyclic amines) is 1. The summed E-state index contributed by atoms with van der Waals surface area (Å²) in [5, 5.41) is 2.69. The Hall–Kier alpha value is -2.70. The third kappa shape index (κ3) is 2.90. The van der Waals surface area contributed by atoms with E-state index in [0.29, 0.717) is 5.95 Å². The van der Waals surface area contributed by atoms with Crippen LogP contribution in [-0.2, 0) is 14.4 Å². The van der Waals surface area contributed by atoms with Crippen LogP contribution in [0.3, 0.4) is 0 Å². The first-order chi connectivity index (χ1) is 12.1. The summed E-state index contributed by atoms with van der Waals surface area (Å²) in [6, 6.07) is 7.49. The number of fused-ring (bicyclic) bond motifs is 2. The van der Waals surface area contributed by atoms with E-state index in [-0.39, 0.29) is 42.5 Å². The smallest absolute Gasteiger partial charge is 0.233 e. The molecule has 1 aliphatic carbocycles. The third-order valence-electron chi connectivity index (χ3n) is 5.14. The summed E-state index contributed by atoms with van der Waals surface area (Å²) in [6.07, 6.45) is 3.66. The van der Waals surface area contributed by atoms with Gasteiger partial charge in [0.2, 0.25) is 23.7 Å². The molecule has 2 fully saturated rings. The van der Waals surface area contributed by atoms with Crippen molar-refractivity contribution in [2.24, 2.45) is 11.8 Å². The number of amides is 3. The monoisotopic (exact) mass is 340 g/mol. The molecule has 1 aliphatic heterocycles. The Morgan fingerprint density at radius 3 is 2.52 bits per heavy atom. The van der Waals surface area contributed by atoms with Crippen LogP contribution in [0.15, 0.2) is 24.3 Å². The molecule has 25 heavy (non-hydrogen) atoms. The number of carbonyl (C=O) groups excluding carboxylic acids is 3. The molecule has 1 aromatic carbocycles. The Balaban J connectivity index is 1.37. The largest absolute Gasteiger partial charge is 0.324 e. The van der Waals surface area contributed by atoms with E-state index in [9.17, 15) is 14.4 Å². The van der Waals surface area contributed by atoms with E-state index in [1.807, 2.05) is 24.3 Å². The van der Waals surface area contributed by atoms with Gasteiger partial charge in [0.15, 0.2) is 0 Å². The summed E-state index contributed by atoms with van der Waals surface area (Å²) in [5.41, 5.74) is 1.61. The van der Waals surface area contributed by atoms with Gasteiger partial charge in [-0.25, -0.2) is 4.98 Å². The van der Waals surface area contributed by atoms with Gasteiger partial charge in [-0.3, -0.25) is 24.6 Å². The normalized spacial score (nSPS) is 23.1. The Bertz CT molecular complexity index is 787. The number of para-hydroxylation sites is 2. The Kier molecular flexibility index (Phi) is 3.99. The lowest BCUT2D eigenvalue weighted by Crippen LogP contribution is -2.34. The molecule has 2 aliphatic rings. The maximum absolute atomic E-state index is 12.4. The molecule has 0 bridgehead atoms. The molecule has 7 nitrogen and oxygen atoms in total. The SMILES string of the molecule is O=C(CCN1C(=O)[C@H]2CCCC[C@@H]2C1=O)Nc1nc2ccccc2[nH]1. The average molecular weight is 340 g/mol. The van der Waals surface area contributed by atoms with Crippen LogP contribution in [0.4, 0.5) is 5.95 Å². The van der Waals surface area contributed by atoms with Crippen molar-refractivity contribution in [3.05, 3.63) is 24.3 Å². The first kappa shape index (κ1) is 15.8. The van der Waals surface area contributed by atoms with Crippen LogP contribution in [0.2, 0.25) is 0 Å². The molecular formula is C18H20N4O3. The molecule has 1 aromatic heterocycles. The number of imide groups is 1. The van der Waals surface area contributed by atoms with Gasteiger partial charge < -0.3 is 4.98 Å². The van der Waals surface area contributed by atoms with Gasteiger partial charge in [-0.05, 0) is 25.0 Å². The minimum absolute atomic E-state index is 0.0773. The molecule has 3 amide bonds.